The zero-order valence-corrected chi connectivity index (χ0v) is 16.2. The molecule has 3 aromatic rings. The molecule has 1 aliphatic heterocycles. The minimum Gasteiger partial charge on any atom is -0.333 e. The zero-order valence-electron chi connectivity index (χ0n) is 15.4. The summed E-state index contributed by atoms with van der Waals surface area (Å²) in [4.78, 5) is 21.2. The van der Waals surface area contributed by atoms with Gasteiger partial charge in [-0.1, -0.05) is 6.07 Å². The van der Waals surface area contributed by atoms with Crippen LogP contribution in [0.1, 0.15) is 5.56 Å². The van der Waals surface area contributed by atoms with Gasteiger partial charge in [-0.15, -0.1) is 0 Å². The summed E-state index contributed by atoms with van der Waals surface area (Å²) < 4.78 is 66.6. The van der Waals surface area contributed by atoms with Crippen LogP contribution >= 0.6 is 0 Å². The lowest BCUT2D eigenvalue weighted by Crippen LogP contribution is -2.43. The number of urea groups is 1. The molecule has 154 valence electrons. The first kappa shape index (κ1) is 19.8. The second-order valence-corrected chi connectivity index (χ2v) is 8.41. The van der Waals surface area contributed by atoms with Crippen LogP contribution < -0.4 is 10.2 Å². The molecule has 7 nitrogen and oxygen atoms in total. The number of nitrogens with one attached hydrogen (secondary N) is 1. The number of para-hydroxylation sites is 1. The summed E-state index contributed by atoms with van der Waals surface area (Å²) in [5.74, 6) is -2.88. The Balaban J connectivity index is 2.05. The van der Waals surface area contributed by atoms with Gasteiger partial charge in [0, 0.05) is 17.4 Å². The molecule has 30 heavy (non-hydrogen) atoms. The number of fused-ring (bicyclic) bond motifs is 1. The van der Waals surface area contributed by atoms with Crippen LogP contribution in [0, 0.1) is 17.5 Å². The number of hydrogen-bond donors (Lipinski definition) is 1. The molecule has 0 saturated carbocycles. The van der Waals surface area contributed by atoms with E-state index in [0.29, 0.717) is 10.5 Å². The van der Waals surface area contributed by atoms with Gasteiger partial charge in [-0.05, 0) is 36.4 Å². The average Bonchev–Trinajstić information content (AvgIpc) is 2.68. The summed E-state index contributed by atoms with van der Waals surface area (Å²) in [6.07, 6.45) is 0.861. The van der Waals surface area contributed by atoms with Crippen molar-refractivity contribution in [2.45, 2.75) is 11.7 Å². The number of sulfone groups is 1. The molecule has 0 aliphatic carbocycles. The van der Waals surface area contributed by atoms with Crippen molar-refractivity contribution in [2.24, 2.45) is 0 Å². The van der Waals surface area contributed by atoms with Crippen LogP contribution in [0.25, 0.3) is 11.3 Å². The molecule has 1 aromatic heterocycles. The van der Waals surface area contributed by atoms with Gasteiger partial charge < -0.3 is 5.32 Å². The van der Waals surface area contributed by atoms with Crippen LogP contribution in [-0.4, -0.2) is 30.7 Å². The van der Waals surface area contributed by atoms with Gasteiger partial charge in [0.15, 0.2) is 5.82 Å². The Morgan fingerprint density at radius 2 is 1.63 bits per heavy atom. The first-order valence-electron chi connectivity index (χ1n) is 8.55. The normalized spacial score (nSPS) is 13.7. The van der Waals surface area contributed by atoms with Gasteiger partial charge in [-0.25, -0.2) is 36.3 Å². The van der Waals surface area contributed by atoms with Gasteiger partial charge in [-0.2, -0.15) is 4.98 Å². The van der Waals surface area contributed by atoms with Gasteiger partial charge in [0.1, 0.15) is 23.1 Å². The maximum atomic E-state index is 14.4. The number of amides is 2. The summed E-state index contributed by atoms with van der Waals surface area (Å²) in [7, 11) is -3.96. The monoisotopic (exact) mass is 434 g/mol. The number of carbonyl (C=O) groups is 1. The first-order valence-corrected chi connectivity index (χ1v) is 10.4. The van der Waals surface area contributed by atoms with E-state index in [1.165, 1.54) is 12.1 Å². The third kappa shape index (κ3) is 3.36. The lowest BCUT2D eigenvalue weighted by atomic mass is 10.0. The van der Waals surface area contributed by atoms with E-state index < -0.39 is 44.2 Å². The molecule has 0 bridgehead atoms. The number of hydrogen-bond acceptors (Lipinski definition) is 5. The Morgan fingerprint density at radius 3 is 2.23 bits per heavy atom. The Hall–Kier alpha value is -3.47. The summed E-state index contributed by atoms with van der Waals surface area (Å²) in [6, 6.07) is 7.19. The molecular formula is C19H13F3N4O3S. The predicted octanol–water partition coefficient (Wildman–Crippen LogP) is 3.33. The van der Waals surface area contributed by atoms with Crippen LogP contribution in [-0.2, 0) is 16.4 Å². The summed E-state index contributed by atoms with van der Waals surface area (Å²) in [5.41, 5.74) is -0.0670. The maximum Gasteiger partial charge on any atom is 0.328 e. The number of aromatic nitrogens is 2. The number of benzene rings is 2. The highest BCUT2D eigenvalue weighted by molar-refractivity contribution is 7.90. The highest BCUT2D eigenvalue weighted by Crippen LogP contribution is 2.38. The Kier molecular flexibility index (Phi) is 4.69. The highest BCUT2D eigenvalue weighted by Gasteiger charge is 2.34. The van der Waals surface area contributed by atoms with Crippen molar-refractivity contribution in [2.75, 3.05) is 11.2 Å². The van der Waals surface area contributed by atoms with Gasteiger partial charge in [-0.3, -0.25) is 0 Å². The Labute approximate surface area is 169 Å². The van der Waals surface area contributed by atoms with Crippen molar-refractivity contribution in [1.29, 1.82) is 0 Å². The van der Waals surface area contributed by atoms with E-state index in [1.54, 1.807) is 0 Å². The molecule has 1 N–H and O–H groups in total. The summed E-state index contributed by atoms with van der Waals surface area (Å²) >= 11 is 0. The van der Waals surface area contributed by atoms with E-state index in [0.717, 1.165) is 36.6 Å². The SMILES string of the molecule is CS(=O)(=O)c1nc(-c2ccc(F)cc2)c2c(n1)N(c1c(F)cccc1F)C(=O)NC2. The van der Waals surface area contributed by atoms with Crippen molar-refractivity contribution < 1.29 is 26.4 Å². The van der Waals surface area contributed by atoms with Crippen molar-refractivity contribution in [1.82, 2.24) is 15.3 Å². The largest absolute Gasteiger partial charge is 0.333 e. The number of halogens is 3. The minimum atomic E-state index is -3.96. The molecular weight excluding hydrogens is 421 g/mol. The fourth-order valence-corrected chi connectivity index (χ4v) is 3.57. The molecule has 2 amide bonds. The molecule has 0 radical (unpaired) electrons. The van der Waals surface area contributed by atoms with Crippen LogP contribution in [0.2, 0.25) is 0 Å². The van der Waals surface area contributed by atoms with Gasteiger partial charge in [0.2, 0.25) is 15.0 Å². The van der Waals surface area contributed by atoms with Crippen LogP contribution in [0.5, 0.6) is 0 Å². The molecule has 4 rings (SSSR count). The van der Waals surface area contributed by atoms with E-state index in [9.17, 15) is 26.4 Å². The zero-order chi connectivity index (χ0) is 21.6. The quantitative estimate of drug-likeness (QED) is 0.639. The molecule has 0 saturated heterocycles. The van der Waals surface area contributed by atoms with E-state index in [-0.39, 0.29) is 23.6 Å². The fourth-order valence-electron chi connectivity index (χ4n) is 3.06. The average molecular weight is 434 g/mol. The van der Waals surface area contributed by atoms with Crippen LogP contribution in [0.15, 0.2) is 47.6 Å². The summed E-state index contributed by atoms with van der Waals surface area (Å²) in [5, 5.41) is 1.83. The van der Waals surface area contributed by atoms with Crippen LogP contribution in [0.4, 0.5) is 29.5 Å². The standard InChI is InChI=1S/C19H13F3N4O3S/c1-30(28,29)18-24-15(10-5-7-11(20)8-6-10)12-9-23-19(27)26(17(12)25-18)16-13(21)3-2-4-14(16)22/h2-8H,9H2,1H3,(H,23,27). The highest BCUT2D eigenvalue weighted by atomic mass is 32.2. The molecule has 2 aromatic carbocycles. The molecule has 0 unspecified atom stereocenters. The number of rotatable bonds is 3. The van der Waals surface area contributed by atoms with E-state index in [4.69, 9.17) is 0 Å². The lowest BCUT2D eigenvalue weighted by Gasteiger charge is -2.30. The minimum absolute atomic E-state index is 0.0853. The topological polar surface area (TPSA) is 92.3 Å². The number of nitrogens with zero attached hydrogens (tertiary/aromatic N) is 3. The molecule has 0 atom stereocenters. The Morgan fingerprint density at radius 1 is 1.00 bits per heavy atom. The van der Waals surface area contributed by atoms with Crippen molar-refractivity contribution >= 4 is 27.4 Å². The molecule has 0 spiro atoms. The first-order chi connectivity index (χ1) is 14.2. The fraction of sp³-hybridized carbons (Fsp3) is 0.105. The molecule has 11 heteroatoms. The van der Waals surface area contributed by atoms with Gasteiger partial charge in [0.25, 0.3) is 0 Å². The molecule has 0 fully saturated rings. The maximum absolute atomic E-state index is 14.4. The second-order valence-electron chi connectivity index (χ2n) is 6.50. The molecule has 2 heterocycles. The van der Waals surface area contributed by atoms with E-state index in [2.05, 4.69) is 15.3 Å². The van der Waals surface area contributed by atoms with Crippen molar-refractivity contribution in [3.63, 3.8) is 0 Å². The predicted molar refractivity (Wildman–Crippen MR) is 101 cm³/mol. The number of anilines is 2. The lowest BCUT2D eigenvalue weighted by molar-refractivity contribution is 0.246. The molecule has 1 aliphatic rings. The van der Waals surface area contributed by atoms with Crippen LogP contribution in [0.3, 0.4) is 0 Å². The van der Waals surface area contributed by atoms with Crippen molar-refractivity contribution in [3.05, 3.63) is 65.5 Å². The Bertz CT molecular complexity index is 1260. The van der Waals surface area contributed by atoms with E-state index >= 15 is 0 Å². The second kappa shape index (κ2) is 7.10. The third-order valence-corrected chi connectivity index (χ3v) is 5.25. The van der Waals surface area contributed by atoms with E-state index in [1.807, 2.05) is 0 Å². The smallest absolute Gasteiger partial charge is 0.328 e. The van der Waals surface area contributed by atoms with Gasteiger partial charge >= 0.3 is 6.03 Å². The van der Waals surface area contributed by atoms with Crippen molar-refractivity contribution in [3.8, 4) is 11.3 Å². The number of carbonyl (C=O) groups excluding carboxylic acids is 1. The van der Waals surface area contributed by atoms with Gasteiger partial charge in [0.05, 0.1) is 12.2 Å². The third-order valence-electron chi connectivity index (χ3n) is 4.41. The summed E-state index contributed by atoms with van der Waals surface area (Å²) in [6.45, 7) is -0.127.